The number of carbonyl (C=O) groups is 2. The van der Waals surface area contributed by atoms with Crippen molar-refractivity contribution >= 4 is 11.8 Å². The SMILES string of the molecule is O=C(NCCO)C(=O)NC1CC1. The largest absolute Gasteiger partial charge is 0.395 e. The highest BCUT2D eigenvalue weighted by Crippen LogP contribution is 2.18. The van der Waals surface area contributed by atoms with Gasteiger partial charge in [-0.2, -0.15) is 0 Å². The molecule has 0 aromatic heterocycles. The standard InChI is InChI=1S/C7H12N2O3/c10-4-3-8-6(11)7(12)9-5-1-2-5/h5,10H,1-4H2,(H,8,11)(H,9,12). The summed E-state index contributed by atoms with van der Waals surface area (Å²) in [6, 6.07) is 0.192. The van der Waals surface area contributed by atoms with E-state index in [1.165, 1.54) is 0 Å². The van der Waals surface area contributed by atoms with E-state index < -0.39 is 11.8 Å². The molecule has 5 heteroatoms. The van der Waals surface area contributed by atoms with Crippen molar-refractivity contribution in [3.8, 4) is 0 Å². The molecule has 12 heavy (non-hydrogen) atoms. The van der Waals surface area contributed by atoms with E-state index in [1.807, 2.05) is 0 Å². The van der Waals surface area contributed by atoms with Gasteiger partial charge in [0.15, 0.2) is 0 Å². The van der Waals surface area contributed by atoms with Crippen molar-refractivity contribution in [3.63, 3.8) is 0 Å². The van der Waals surface area contributed by atoms with Crippen LogP contribution in [0.5, 0.6) is 0 Å². The highest BCUT2D eigenvalue weighted by atomic mass is 16.3. The smallest absolute Gasteiger partial charge is 0.309 e. The van der Waals surface area contributed by atoms with Crippen molar-refractivity contribution in [2.24, 2.45) is 0 Å². The molecule has 1 fully saturated rings. The minimum Gasteiger partial charge on any atom is -0.395 e. The van der Waals surface area contributed by atoms with Gasteiger partial charge < -0.3 is 15.7 Å². The molecule has 0 aliphatic heterocycles. The summed E-state index contributed by atoms with van der Waals surface area (Å²) < 4.78 is 0. The van der Waals surface area contributed by atoms with Gasteiger partial charge >= 0.3 is 11.8 Å². The Morgan fingerprint density at radius 3 is 2.50 bits per heavy atom. The maximum absolute atomic E-state index is 10.9. The van der Waals surface area contributed by atoms with E-state index >= 15 is 0 Å². The molecule has 1 aliphatic carbocycles. The number of amides is 2. The lowest BCUT2D eigenvalue weighted by Crippen LogP contribution is -2.41. The fraction of sp³-hybridized carbons (Fsp3) is 0.714. The van der Waals surface area contributed by atoms with Gasteiger partial charge in [0.2, 0.25) is 0 Å². The zero-order valence-electron chi connectivity index (χ0n) is 6.67. The highest BCUT2D eigenvalue weighted by molar-refractivity contribution is 6.35. The molecule has 1 aliphatic rings. The summed E-state index contributed by atoms with van der Waals surface area (Å²) >= 11 is 0. The van der Waals surface area contributed by atoms with Crippen LogP contribution in [0.15, 0.2) is 0 Å². The lowest BCUT2D eigenvalue weighted by molar-refractivity contribution is -0.139. The number of hydrogen-bond donors (Lipinski definition) is 3. The van der Waals surface area contributed by atoms with Crippen LogP contribution < -0.4 is 10.6 Å². The number of aliphatic hydroxyl groups excluding tert-OH is 1. The van der Waals surface area contributed by atoms with Gasteiger partial charge in [-0.1, -0.05) is 0 Å². The second-order valence-corrected chi connectivity index (χ2v) is 2.73. The molecular formula is C7H12N2O3. The molecule has 0 heterocycles. The van der Waals surface area contributed by atoms with Crippen molar-refractivity contribution in [3.05, 3.63) is 0 Å². The Kier molecular flexibility index (Phi) is 3.04. The molecule has 2 amide bonds. The van der Waals surface area contributed by atoms with Crippen LogP contribution in [0.4, 0.5) is 0 Å². The Labute approximate surface area is 70.1 Å². The van der Waals surface area contributed by atoms with E-state index in [2.05, 4.69) is 10.6 Å². The van der Waals surface area contributed by atoms with Crippen LogP contribution in [0.3, 0.4) is 0 Å². The van der Waals surface area contributed by atoms with Crippen LogP contribution >= 0.6 is 0 Å². The monoisotopic (exact) mass is 172 g/mol. The quantitative estimate of drug-likeness (QED) is 0.447. The third-order valence-corrected chi connectivity index (χ3v) is 1.52. The fourth-order valence-electron chi connectivity index (χ4n) is 0.728. The van der Waals surface area contributed by atoms with Gasteiger partial charge in [-0.25, -0.2) is 0 Å². The molecule has 0 aromatic carbocycles. The summed E-state index contributed by atoms with van der Waals surface area (Å²) in [7, 11) is 0. The lowest BCUT2D eigenvalue weighted by Gasteiger charge is -2.02. The van der Waals surface area contributed by atoms with Crippen molar-refractivity contribution in [2.45, 2.75) is 18.9 Å². The van der Waals surface area contributed by atoms with Gasteiger partial charge in [0.1, 0.15) is 0 Å². The molecule has 0 radical (unpaired) electrons. The highest BCUT2D eigenvalue weighted by Gasteiger charge is 2.25. The second-order valence-electron chi connectivity index (χ2n) is 2.73. The molecule has 0 spiro atoms. The van der Waals surface area contributed by atoms with E-state index in [0.717, 1.165) is 12.8 Å². The van der Waals surface area contributed by atoms with Gasteiger partial charge in [-0.05, 0) is 12.8 Å². The Bertz CT molecular complexity index is 189. The summed E-state index contributed by atoms with van der Waals surface area (Å²) in [6.45, 7) is -0.0284. The minimum absolute atomic E-state index is 0.122. The van der Waals surface area contributed by atoms with Crippen molar-refractivity contribution in [1.29, 1.82) is 0 Å². The maximum Gasteiger partial charge on any atom is 0.309 e. The first-order valence-electron chi connectivity index (χ1n) is 3.93. The molecular weight excluding hydrogens is 160 g/mol. The van der Waals surface area contributed by atoms with Crippen molar-refractivity contribution < 1.29 is 14.7 Å². The van der Waals surface area contributed by atoms with Gasteiger partial charge in [-0.3, -0.25) is 9.59 Å². The predicted octanol–water partition coefficient (Wildman–Crippen LogP) is -1.63. The fourth-order valence-corrected chi connectivity index (χ4v) is 0.728. The van der Waals surface area contributed by atoms with Crippen LogP contribution in [0.25, 0.3) is 0 Å². The predicted molar refractivity (Wildman–Crippen MR) is 41.3 cm³/mol. The average molecular weight is 172 g/mol. The molecule has 5 nitrogen and oxygen atoms in total. The Balaban J connectivity index is 2.15. The molecule has 0 saturated heterocycles. The van der Waals surface area contributed by atoms with Crippen LogP contribution in [0.1, 0.15) is 12.8 Å². The average Bonchev–Trinajstić information content (AvgIpc) is 2.83. The molecule has 68 valence electrons. The van der Waals surface area contributed by atoms with E-state index in [0.29, 0.717) is 0 Å². The van der Waals surface area contributed by atoms with Gasteiger partial charge in [-0.15, -0.1) is 0 Å². The summed E-state index contributed by atoms with van der Waals surface area (Å²) in [4.78, 5) is 21.7. The third-order valence-electron chi connectivity index (χ3n) is 1.52. The number of rotatable bonds is 3. The molecule has 1 rings (SSSR count). The Morgan fingerprint density at radius 1 is 1.33 bits per heavy atom. The van der Waals surface area contributed by atoms with Crippen LogP contribution in [0.2, 0.25) is 0 Å². The summed E-state index contributed by atoms with van der Waals surface area (Å²) in [5.74, 6) is -1.28. The summed E-state index contributed by atoms with van der Waals surface area (Å²) in [5.41, 5.74) is 0. The van der Waals surface area contributed by atoms with Crippen LogP contribution in [-0.2, 0) is 9.59 Å². The van der Waals surface area contributed by atoms with Crippen molar-refractivity contribution in [1.82, 2.24) is 10.6 Å². The zero-order valence-corrected chi connectivity index (χ0v) is 6.67. The first-order chi connectivity index (χ1) is 5.74. The Morgan fingerprint density at radius 2 is 2.00 bits per heavy atom. The summed E-state index contributed by atoms with van der Waals surface area (Å²) in [6.07, 6.45) is 1.91. The second kappa shape index (κ2) is 4.06. The summed E-state index contributed by atoms with van der Waals surface area (Å²) in [5, 5.41) is 13.1. The zero-order chi connectivity index (χ0) is 8.97. The van der Waals surface area contributed by atoms with Gasteiger partial charge in [0.05, 0.1) is 6.61 Å². The lowest BCUT2D eigenvalue weighted by atomic mass is 10.5. The van der Waals surface area contributed by atoms with E-state index in [9.17, 15) is 9.59 Å². The van der Waals surface area contributed by atoms with Gasteiger partial charge in [0, 0.05) is 12.6 Å². The molecule has 0 bridgehead atoms. The molecule has 0 atom stereocenters. The molecule has 1 saturated carbocycles. The van der Waals surface area contributed by atoms with E-state index in [4.69, 9.17) is 5.11 Å². The minimum atomic E-state index is -0.670. The molecule has 0 aromatic rings. The van der Waals surface area contributed by atoms with Gasteiger partial charge in [0.25, 0.3) is 0 Å². The third kappa shape index (κ3) is 2.87. The maximum atomic E-state index is 10.9. The first kappa shape index (κ1) is 8.99. The number of hydrogen-bond acceptors (Lipinski definition) is 3. The topological polar surface area (TPSA) is 78.4 Å². The molecule has 3 N–H and O–H groups in total. The normalized spacial score (nSPS) is 15.4. The number of carbonyl (C=O) groups excluding carboxylic acids is 2. The number of aliphatic hydroxyl groups is 1. The number of nitrogens with one attached hydrogen (secondary N) is 2. The van der Waals surface area contributed by atoms with Crippen molar-refractivity contribution in [2.75, 3.05) is 13.2 Å². The van der Waals surface area contributed by atoms with E-state index in [-0.39, 0.29) is 19.2 Å². The molecule has 0 unspecified atom stereocenters. The first-order valence-corrected chi connectivity index (χ1v) is 3.93. The van der Waals surface area contributed by atoms with Crippen LogP contribution in [0, 0.1) is 0 Å². The van der Waals surface area contributed by atoms with E-state index in [1.54, 1.807) is 0 Å². The van der Waals surface area contributed by atoms with Crippen LogP contribution in [-0.4, -0.2) is 36.1 Å². The Hall–Kier alpha value is -1.10.